The molecule has 0 aliphatic carbocycles. The molecule has 0 fully saturated rings. The number of carboxylic acids is 1. The van der Waals surface area contributed by atoms with Gasteiger partial charge in [-0.3, -0.25) is 0 Å². The maximum Gasteiger partial charge on any atom is 0.335 e. The molecule has 0 bridgehead atoms. The number of benzene rings is 1. The van der Waals surface area contributed by atoms with Crippen LogP contribution in [-0.4, -0.2) is 25.8 Å². The monoisotopic (exact) mass is 257 g/mol. The van der Waals surface area contributed by atoms with Crippen LogP contribution in [0.2, 0.25) is 0 Å². The summed E-state index contributed by atoms with van der Waals surface area (Å²) in [5.74, 6) is 0.383. The summed E-state index contributed by atoms with van der Waals surface area (Å²) in [6.45, 7) is 1.81. The summed E-state index contributed by atoms with van der Waals surface area (Å²) in [4.78, 5) is 15.4. The summed E-state index contributed by atoms with van der Waals surface area (Å²) >= 11 is 0. The van der Waals surface area contributed by atoms with Crippen LogP contribution in [0.4, 0.5) is 0 Å². The Morgan fingerprint density at radius 2 is 2.16 bits per heavy atom. The molecule has 0 radical (unpaired) electrons. The van der Waals surface area contributed by atoms with Crippen molar-refractivity contribution in [2.75, 3.05) is 0 Å². The molecule has 0 saturated carbocycles. The third kappa shape index (κ3) is 1.77. The van der Waals surface area contributed by atoms with Gasteiger partial charge in [-0.15, -0.1) is 0 Å². The van der Waals surface area contributed by atoms with Gasteiger partial charge in [0.1, 0.15) is 11.5 Å². The number of aromatic nitrogens is 3. The molecule has 6 nitrogen and oxygen atoms in total. The lowest BCUT2D eigenvalue weighted by atomic mass is 10.2. The minimum absolute atomic E-state index is 0.216. The van der Waals surface area contributed by atoms with E-state index in [2.05, 4.69) is 10.1 Å². The Kier molecular flexibility index (Phi) is 2.38. The van der Waals surface area contributed by atoms with Crippen LogP contribution in [0.15, 0.2) is 28.8 Å². The number of carbonyl (C=O) groups is 1. The molecule has 96 valence electrons. The number of nitrogens with zero attached hydrogens (tertiary/aromatic N) is 3. The van der Waals surface area contributed by atoms with Crippen molar-refractivity contribution in [3.63, 3.8) is 0 Å². The van der Waals surface area contributed by atoms with Gasteiger partial charge in [0.2, 0.25) is 0 Å². The zero-order valence-electron chi connectivity index (χ0n) is 10.4. The molecule has 1 aromatic carbocycles. The normalized spacial score (nSPS) is 11.1. The predicted octanol–water partition coefficient (Wildman–Crippen LogP) is 2.23. The van der Waals surface area contributed by atoms with Crippen LogP contribution in [0.3, 0.4) is 0 Å². The highest BCUT2D eigenvalue weighted by atomic mass is 16.5. The molecule has 0 unspecified atom stereocenters. The van der Waals surface area contributed by atoms with Gasteiger partial charge in [0.15, 0.2) is 5.82 Å². The number of hydrogen-bond acceptors (Lipinski definition) is 4. The van der Waals surface area contributed by atoms with Gasteiger partial charge in [0.05, 0.1) is 16.6 Å². The molecule has 2 heterocycles. The molecule has 6 heteroatoms. The van der Waals surface area contributed by atoms with Crippen LogP contribution in [-0.2, 0) is 7.05 Å². The topological polar surface area (TPSA) is 81.1 Å². The average Bonchev–Trinajstić information content (AvgIpc) is 2.93. The van der Waals surface area contributed by atoms with E-state index in [4.69, 9.17) is 9.63 Å². The Morgan fingerprint density at radius 1 is 1.37 bits per heavy atom. The van der Waals surface area contributed by atoms with E-state index in [9.17, 15) is 4.79 Å². The zero-order chi connectivity index (χ0) is 13.6. The number of carboxylic acid groups (broad SMARTS) is 1. The van der Waals surface area contributed by atoms with E-state index < -0.39 is 5.97 Å². The lowest BCUT2D eigenvalue weighted by molar-refractivity contribution is 0.0697. The van der Waals surface area contributed by atoms with Gasteiger partial charge in [-0.05, 0) is 25.1 Å². The van der Waals surface area contributed by atoms with Crippen molar-refractivity contribution in [2.45, 2.75) is 6.92 Å². The maximum atomic E-state index is 10.9. The molecule has 19 heavy (non-hydrogen) atoms. The highest BCUT2D eigenvalue weighted by Crippen LogP contribution is 2.24. The van der Waals surface area contributed by atoms with Gasteiger partial charge in [0, 0.05) is 13.1 Å². The molecule has 0 spiro atoms. The van der Waals surface area contributed by atoms with Gasteiger partial charge < -0.3 is 14.2 Å². The van der Waals surface area contributed by atoms with E-state index in [0.717, 1.165) is 5.52 Å². The first kappa shape index (κ1) is 11.5. The van der Waals surface area contributed by atoms with Gasteiger partial charge in [0.25, 0.3) is 0 Å². The number of aromatic carboxylic acids is 1. The second-order valence-corrected chi connectivity index (χ2v) is 4.33. The number of fused-ring (bicyclic) bond motifs is 1. The fourth-order valence-corrected chi connectivity index (χ4v) is 2.03. The molecule has 0 atom stereocenters. The maximum absolute atomic E-state index is 10.9. The minimum atomic E-state index is -0.966. The van der Waals surface area contributed by atoms with Crippen molar-refractivity contribution in [1.29, 1.82) is 0 Å². The summed E-state index contributed by atoms with van der Waals surface area (Å²) in [7, 11) is 1.86. The Hall–Kier alpha value is -2.63. The molecule has 0 saturated heterocycles. The average molecular weight is 257 g/mol. The molecule has 1 N–H and O–H groups in total. The number of imidazole rings is 1. The molecule has 0 amide bonds. The van der Waals surface area contributed by atoms with Crippen molar-refractivity contribution >= 4 is 17.0 Å². The van der Waals surface area contributed by atoms with Gasteiger partial charge in [-0.1, -0.05) is 5.16 Å². The van der Waals surface area contributed by atoms with Crippen molar-refractivity contribution in [3.8, 4) is 11.5 Å². The van der Waals surface area contributed by atoms with E-state index >= 15 is 0 Å². The fraction of sp³-hybridized carbons (Fsp3) is 0.154. The Labute approximate surface area is 108 Å². The second-order valence-electron chi connectivity index (χ2n) is 4.33. The third-order valence-corrected chi connectivity index (χ3v) is 2.98. The summed E-state index contributed by atoms with van der Waals surface area (Å²) in [5, 5.41) is 12.9. The quantitative estimate of drug-likeness (QED) is 0.761. The van der Waals surface area contributed by atoms with Crippen LogP contribution >= 0.6 is 0 Å². The second kappa shape index (κ2) is 3.94. The SMILES string of the molecule is Cc1cc(-c2nc3cc(C(=O)O)ccc3n2C)no1. The van der Waals surface area contributed by atoms with E-state index in [1.807, 2.05) is 18.5 Å². The molecule has 2 aromatic heterocycles. The molecule has 0 aliphatic heterocycles. The number of rotatable bonds is 2. The van der Waals surface area contributed by atoms with Crippen LogP contribution in [0.1, 0.15) is 16.1 Å². The fourth-order valence-electron chi connectivity index (χ4n) is 2.03. The standard InChI is InChI=1S/C13H11N3O3/c1-7-5-10(15-19-7)12-14-9-6-8(13(17)18)3-4-11(9)16(12)2/h3-6H,1-2H3,(H,17,18). The van der Waals surface area contributed by atoms with E-state index in [0.29, 0.717) is 22.8 Å². The lowest BCUT2D eigenvalue weighted by Crippen LogP contribution is -1.95. The Balaban J connectivity index is 2.22. The molecule has 3 aromatic rings. The highest BCUT2D eigenvalue weighted by molar-refractivity contribution is 5.93. The summed E-state index contributed by atoms with van der Waals surface area (Å²) in [6.07, 6.45) is 0. The van der Waals surface area contributed by atoms with Crippen LogP contribution < -0.4 is 0 Å². The van der Waals surface area contributed by atoms with Gasteiger partial charge in [-0.25, -0.2) is 9.78 Å². The van der Waals surface area contributed by atoms with Crippen molar-refractivity contribution in [1.82, 2.24) is 14.7 Å². The molecular formula is C13H11N3O3. The smallest absolute Gasteiger partial charge is 0.335 e. The van der Waals surface area contributed by atoms with E-state index in [1.54, 1.807) is 24.3 Å². The summed E-state index contributed by atoms with van der Waals surface area (Å²) in [6, 6.07) is 6.64. The van der Waals surface area contributed by atoms with E-state index in [1.165, 1.54) is 0 Å². The lowest BCUT2D eigenvalue weighted by Gasteiger charge is -1.98. The minimum Gasteiger partial charge on any atom is -0.478 e. The van der Waals surface area contributed by atoms with Crippen molar-refractivity contribution in [2.24, 2.45) is 7.05 Å². The molecule has 0 aliphatic rings. The van der Waals surface area contributed by atoms with Crippen molar-refractivity contribution < 1.29 is 14.4 Å². The Bertz CT molecular complexity index is 786. The van der Waals surface area contributed by atoms with Gasteiger partial charge >= 0.3 is 5.97 Å². The van der Waals surface area contributed by atoms with Crippen LogP contribution in [0, 0.1) is 6.92 Å². The predicted molar refractivity (Wildman–Crippen MR) is 67.9 cm³/mol. The Morgan fingerprint density at radius 3 is 2.79 bits per heavy atom. The largest absolute Gasteiger partial charge is 0.478 e. The first-order valence-electron chi connectivity index (χ1n) is 5.70. The van der Waals surface area contributed by atoms with E-state index in [-0.39, 0.29) is 5.56 Å². The van der Waals surface area contributed by atoms with Crippen LogP contribution in [0.5, 0.6) is 0 Å². The first-order chi connectivity index (χ1) is 9.06. The molecule has 3 rings (SSSR count). The molecular weight excluding hydrogens is 246 g/mol. The summed E-state index contributed by atoms with van der Waals surface area (Å²) < 4.78 is 6.89. The van der Waals surface area contributed by atoms with Crippen molar-refractivity contribution in [3.05, 3.63) is 35.6 Å². The number of aryl methyl sites for hydroxylation is 2. The first-order valence-corrected chi connectivity index (χ1v) is 5.70. The third-order valence-electron chi connectivity index (χ3n) is 2.98. The van der Waals surface area contributed by atoms with Gasteiger partial charge in [-0.2, -0.15) is 0 Å². The van der Waals surface area contributed by atoms with Crippen LogP contribution in [0.25, 0.3) is 22.6 Å². The number of hydrogen-bond donors (Lipinski definition) is 1. The highest BCUT2D eigenvalue weighted by Gasteiger charge is 2.14. The summed E-state index contributed by atoms with van der Waals surface area (Å²) in [5.41, 5.74) is 2.32. The zero-order valence-corrected chi connectivity index (χ0v) is 10.4.